The fourth-order valence-corrected chi connectivity index (χ4v) is 2.13. The van der Waals surface area contributed by atoms with Gasteiger partial charge in [-0.15, -0.1) is 0 Å². The van der Waals surface area contributed by atoms with Gasteiger partial charge in [-0.05, 0) is 43.9 Å². The molecule has 1 unspecified atom stereocenters. The highest BCUT2D eigenvalue weighted by Crippen LogP contribution is 2.18. The van der Waals surface area contributed by atoms with Crippen molar-refractivity contribution in [1.82, 2.24) is 0 Å². The number of nitrogens with zero attached hydrogens (tertiary/aromatic N) is 1. The van der Waals surface area contributed by atoms with Gasteiger partial charge < -0.3 is 10.1 Å². The van der Waals surface area contributed by atoms with Crippen LogP contribution < -0.4 is 5.32 Å². The Morgan fingerprint density at radius 3 is 3.00 bits per heavy atom. The first-order valence-corrected chi connectivity index (χ1v) is 6.35. The molecule has 1 fully saturated rings. The van der Waals surface area contributed by atoms with Gasteiger partial charge in [-0.3, -0.25) is 0 Å². The van der Waals surface area contributed by atoms with Crippen LogP contribution in [0, 0.1) is 17.1 Å². The van der Waals surface area contributed by atoms with Crippen molar-refractivity contribution in [1.29, 1.82) is 5.26 Å². The van der Waals surface area contributed by atoms with Crippen molar-refractivity contribution < 1.29 is 9.13 Å². The van der Waals surface area contributed by atoms with Gasteiger partial charge >= 0.3 is 0 Å². The number of ether oxygens (including phenoxy) is 1. The highest BCUT2D eigenvalue weighted by molar-refractivity contribution is 5.48. The third-order valence-corrected chi connectivity index (χ3v) is 3.15. The highest BCUT2D eigenvalue weighted by atomic mass is 19.1. The average Bonchev–Trinajstić information content (AvgIpc) is 2.42. The van der Waals surface area contributed by atoms with E-state index in [1.54, 1.807) is 12.1 Å². The number of nitriles is 1. The van der Waals surface area contributed by atoms with E-state index in [1.165, 1.54) is 12.5 Å². The predicted molar refractivity (Wildman–Crippen MR) is 67.8 cm³/mol. The largest absolute Gasteiger partial charge is 0.383 e. The molecule has 1 aliphatic heterocycles. The number of hydrogen-bond donors (Lipinski definition) is 1. The van der Waals surface area contributed by atoms with E-state index in [-0.39, 0.29) is 5.82 Å². The van der Waals surface area contributed by atoms with Gasteiger partial charge in [-0.25, -0.2) is 4.39 Å². The minimum atomic E-state index is -0.376. The Labute approximate surface area is 107 Å². The van der Waals surface area contributed by atoms with Gasteiger partial charge in [0.15, 0.2) is 0 Å². The Morgan fingerprint density at radius 1 is 1.44 bits per heavy atom. The normalized spacial score (nSPS) is 19.2. The molecule has 0 radical (unpaired) electrons. The minimum Gasteiger partial charge on any atom is -0.383 e. The van der Waals surface area contributed by atoms with E-state index in [2.05, 4.69) is 5.32 Å². The van der Waals surface area contributed by atoms with Gasteiger partial charge in [0.05, 0.1) is 23.4 Å². The molecule has 1 atom stereocenters. The zero-order chi connectivity index (χ0) is 12.8. The van der Waals surface area contributed by atoms with E-state index in [9.17, 15) is 4.39 Å². The summed E-state index contributed by atoms with van der Waals surface area (Å²) < 4.78 is 19.2. The third-order valence-electron chi connectivity index (χ3n) is 3.15. The topological polar surface area (TPSA) is 45.0 Å². The predicted octanol–water partition coefficient (Wildman–Crippen LogP) is 3.07. The van der Waals surface area contributed by atoms with Crippen molar-refractivity contribution >= 4 is 5.69 Å². The molecular weight excluding hydrogens is 231 g/mol. The highest BCUT2D eigenvalue weighted by Gasteiger charge is 2.13. The Bertz CT molecular complexity index is 436. The number of benzene rings is 1. The van der Waals surface area contributed by atoms with Crippen molar-refractivity contribution in [2.24, 2.45) is 0 Å². The van der Waals surface area contributed by atoms with E-state index in [1.807, 2.05) is 6.07 Å². The van der Waals surface area contributed by atoms with Gasteiger partial charge in [-0.2, -0.15) is 5.26 Å². The van der Waals surface area contributed by atoms with Crippen LogP contribution in [-0.2, 0) is 4.74 Å². The van der Waals surface area contributed by atoms with Crippen LogP contribution in [0.4, 0.5) is 10.1 Å². The van der Waals surface area contributed by atoms with Crippen LogP contribution in [0.2, 0.25) is 0 Å². The molecule has 4 heteroatoms. The van der Waals surface area contributed by atoms with Crippen LogP contribution in [-0.4, -0.2) is 19.3 Å². The maximum absolute atomic E-state index is 13.6. The molecule has 0 saturated carbocycles. The van der Waals surface area contributed by atoms with Crippen molar-refractivity contribution in [3.8, 4) is 6.07 Å². The lowest BCUT2D eigenvalue weighted by Crippen LogP contribution is -2.22. The Kier molecular flexibility index (Phi) is 4.54. The van der Waals surface area contributed by atoms with Gasteiger partial charge in [0.2, 0.25) is 0 Å². The molecule has 0 aromatic heterocycles. The molecule has 3 nitrogen and oxygen atoms in total. The maximum atomic E-state index is 13.6. The zero-order valence-electron chi connectivity index (χ0n) is 10.3. The molecular formula is C14H17FN2O. The molecule has 1 aromatic rings. The Hall–Kier alpha value is -1.60. The quantitative estimate of drug-likeness (QED) is 0.890. The summed E-state index contributed by atoms with van der Waals surface area (Å²) in [5.74, 6) is -0.376. The van der Waals surface area contributed by atoms with Crippen LogP contribution in [0.5, 0.6) is 0 Å². The van der Waals surface area contributed by atoms with Crippen LogP contribution in [0.15, 0.2) is 18.2 Å². The van der Waals surface area contributed by atoms with E-state index in [0.29, 0.717) is 23.9 Å². The average molecular weight is 248 g/mol. The lowest BCUT2D eigenvalue weighted by molar-refractivity contribution is 0.0134. The van der Waals surface area contributed by atoms with Crippen molar-refractivity contribution in [3.63, 3.8) is 0 Å². The summed E-state index contributed by atoms with van der Waals surface area (Å²) in [6.45, 7) is 1.53. The molecule has 0 bridgehead atoms. The second-order valence-corrected chi connectivity index (χ2v) is 4.51. The van der Waals surface area contributed by atoms with Crippen molar-refractivity contribution in [3.05, 3.63) is 29.6 Å². The SMILES string of the molecule is N#Cc1ccc(NCCC2CCCCO2)c(F)c1. The molecule has 2 rings (SSSR count). The van der Waals surface area contributed by atoms with Crippen LogP contribution >= 0.6 is 0 Å². The lowest BCUT2D eigenvalue weighted by Gasteiger charge is -2.22. The molecule has 1 saturated heterocycles. The second-order valence-electron chi connectivity index (χ2n) is 4.51. The molecule has 1 aromatic carbocycles. The molecule has 1 N–H and O–H groups in total. The fourth-order valence-electron chi connectivity index (χ4n) is 2.13. The number of hydrogen-bond acceptors (Lipinski definition) is 3. The first kappa shape index (κ1) is 12.8. The smallest absolute Gasteiger partial charge is 0.147 e. The van der Waals surface area contributed by atoms with Crippen LogP contribution in [0.25, 0.3) is 0 Å². The number of anilines is 1. The van der Waals surface area contributed by atoms with Crippen LogP contribution in [0.3, 0.4) is 0 Å². The third kappa shape index (κ3) is 3.44. The van der Waals surface area contributed by atoms with Crippen LogP contribution in [0.1, 0.15) is 31.2 Å². The summed E-state index contributed by atoms with van der Waals surface area (Å²) in [5, 5.41) is 11.7. The fraction of sp³-hybridized carbons (Fsp3) is 0.500. The summed E-state index contributed by atoms with van der Waals surface area (Å²) in [7, 11) is 0. The maximum Gasteiger partial charge on any atom is 0.147 e. The lowest BCUT2D eigenvalue weighted by atomic mass is 10.1. The summed E-state index contributed by atoms with van der Waals surface area (Å²) >= 11 is 0. The van der Waals surface area contributed by atoms with Gasteiger partial charge in [0.1, 0.15) is 5.82 Å². The van der Waals surface area contributed by atoms with Crippen molar-refractivity contribution in [2.45, 2.75) is 31.8 Å². The zero-order valence-corrected chi connectivity index (χ0v) is 10.3. The summed E-state index contributed by atoms with van der Waals surface area (Å²) in [6, 6.07) is 6.38. The second kappa shape index (κ2) is 6.36. The molecule has 1 heterocycles. The van der Waals surface area contributed by atoms with E-state index in [0.717, 1.165) is 25.9 Å². The molecule has 96 valence electrons. The monoisotopic (exact) mass is 248 g/mol. The van der Waals surface area contributed by atoms with Gasteiger partial charge in [-0.1, -0.05) is 0 Å². The van der Waals surface area contributed by atoms with E-state index < -0.39 is 0 Å². The molecule has 0 amide bonds. The first-order valence-electron chi connectivity index (χ1n) is 6.35. The summed E-state index contributed by atoms with van der Waals surface area (Å²) in [5.41, 5.74) is 0.790. The number of nitrogens with one attached hydrogen (secondary N) is 1. The van der Waals surface area contributed by atoms with Gasteiger partial charge in [0.25, 0.3) is 0 Å². The standard InChI is InChI=1S/C14H17FN2O/c15-13-9-11(10-16)4-5-14(13)17-7-6-12-3-1-2-8-18-12/h4-5,9,12,17H,1-3,6-8H2. The Morgan fingerprint density at radius 2 is 2.33 bits per heavy atom. The van der Waals surface area contributed by atoms with E-state index >= 15 is 0 Å². The minimum absolute atomic E-state index is 0.299. The summed E-state index contributed by atoms with van der Waals surface area (Å²) in [6.07, 6.45) is 4.65. The number of rotatable bonds is 4. The number of halogens is 1. The molecule has 18 heavy (non-hydrogen) atoms. The Balaban J connectivity index is 1.81. The molecule has 1 aliphatic rings. The summed E-state index contributed by atoms with van der Waals surface area (Å²) in [4.78, 5) is 0. The first-order chi connectivity index (χ1) is 8.79. The molecule has 0 spiro atoms. The van der Waals surface area contributed by atoms with E-state index in [4.69, 9.17) is 10.00 Å². The molecule has 0 aliphatic carbocycles. The van der Waals surface area contributed by atoms with Crippen molar-refractivity contribution in [2.75, 3.05) is 18.5 Å². The van der Waals surface area contributed by atoms with Gasteiger partial charge in [0, 0.05) is 13.2 Å².